The van der Waals surface area contributed by atoms with Crippen molar-refractivity contribution >= 4 is 29.4 Å². The quantitative estimate of drug-likeness (QED) is 0.463. The highest BCUT2D eigenvalue weighted by molar-refractivity contribution is 6.29. The van der Waals surface area contributed by atoms with Gasteiger partial charge in [0.05, 0.1) is 0 Å². The van der Waals surface area contributed by atoms with E-state index in [0.29, 0.717) is 10.7 Å². The standard InChI is InChI=1S/C17H15ClN2O5/c1-10(21)25-13-4-2-3-12(8-13)16(22)20-14(17(23)24)7-11-5-6-15(18)19-9-11/h2-6,8-9,14H,7H2,1H3,(H,20,22)(H,23,24)/t14-/m1/s1. The van der Waals surface area contributed by atoms with Crippen LogP contribution < -0.4 is 10.1 Å². The predicted octanol–water partition coefficient (Wildman–Crippen LogP) is 2.09. The van der Waals surface area contributed by atoms with Crippen LogP contribution in [0.1, 0.15) is 22.8 Å². The number of nitrogens with one attached hydrogen (secondary N) is 1. The summed E-state index contributed by atoms with van der Waals surface area (Å²) >= 11 is 5.69. The molecule has 0 spiro atoms. The lowest BCUT2D eigenvalue weighted by atomic mass is 10.1. The van der Waals surface area contributed by atoms with Gasteiger partial charge >= 0.3 is 11.9 Å². The van der Waals surface area contributed by atoms with Crippen LogP contribution in [0.3, 0.4) is 0 Å². The zero-order valence-corrected chi connectivity index (χ0v) is 14.0. The van der Waals surface area contributed by atoms with Gasteiger partial charge < -0.3 is 15.2 Å². The van der Waals surface area contributed by atoms with E-state index in [0.717, 1.165) is 0 Å². The minimum atomic E-state index is -1.18. The van der Waals surface area contributed by atoms with E-state index >= 15 is 0 Å². The van der Waals surface area contributed by atoms with Gasteiger partial charge in [-0.15, -0.1) is 0 Å². The summed E-state index contributed by atoms with van der Waals surface area (Å²) in [5.74, 6) is -2.09. The third kappa shape index (κ3) is 5.58. The number of pyridine rings is 1. The predicted molar refractivity (Wildman–Crippen MR) is 89.6 cm³/mol. The molecule has 0 aliphatic carbocycles. The van der Waals surface area contributed by atoms with E-state index in [-0.39, 0.29) is 17.7 Å². The number of benzene rings is 1. The lowest BCUT2D eigenvalue weighted by Crippen LogP contribution is -2.42. The fourth-order valence-electron chi connectivity index (χ4n) is 2.07. The minimum Gasteiger partial charge on any atom is -0.480 e. The van der Waals surface area contributed by atoms with Crippen molar-refractivity contribution in [1.29, 1.82) is 0 Å². The highest BCUT2D eigenvalue weighted by Crippen LogP contribution is 2.14. The van der Waals surface area contributed by atoms with Crippen molar-refractivity contribution in [2.45, 2.75) is 19.4 Å². The maximum atomic E-state index is 12.3. The molecular formula is C17H15ClN2O5. The number of carboxylic acid groups (broad SMARTS) is 1. The number of carboxylic acids is 1. The third-order valence-corrected chi connectivity index (χ3v) is 3.41. The third-order valence-electron chi connectivity index (χ3n) is 3.19. The van der Waals surface area contributed by atoms with Gasteiger partial charge in [-0.2, -0.15) is 0 Å². The van der Waals surface area contributed by atoms with Crippen LogP contribution in [0.4, 0.5) is 0 Å². The Kier molecular flexibility index (Phi) is 6.08. The molecule has 2 rings (SSSR count). The number of ether oxygens (including phenoxy) is 1. The number of esters is 1. The number of halogens is 1. The van der Waals surface area contributed by atoms with Crippen LogP contribution in [0.2, 0.25) is 5.15 Å². The maximum Gasteiger partial charge on any atom is 0.326 e. The fraction of sp³-hybridized carbons (Fsp3) is 0.176. The molecule has 1 aromatic heterocycles. The summed E-state index contributed by atoms with van der Waals surface area (Å²) in [6.07, 6.45) is 1.50. The largest absolute Gasteiger partial charge is 0.480 e. The lowest BCUT2D eigenvalue weighted by Gasteiger charge is -2.15. The minimum absolute atomic E-state index is 0.0505. The van der Waals surface area contributed by atoms with Gasteiger partial charge in [-0.3, -0.25) is 9.59 Å². The first-order valence-corrected chi connectivity index (χ1v) is 7.65. The Balaban J connectivity index is 2.11. The van der Waals surface area contributed by atoms with E-state index in [1.54, 1.807) is 12.1 Å². The van der Waals surface area contributed by atoms with E-state index in [1.807, 2.05) is 0 Å². The molecule has 0 aliphatic rings. The average Bonchev–Trinajstić information content (AvgIpc) is 2.55. The Bertz CT molecular complexity index is 792. The molecule has 2 N–H and O–H groups in total. The van der Waals surface area contributed by atoms with Gasteiger partial charge in [0, 0.05) is 25.1 Å². The first-order valence-electron chi connectivity index (χ1n) is 7.27. The van der Waals surface area contributed by atoms with Crippen LogP contribution in [-0.2, 0) is 16.0 Å². The molecule has 0 bridgehead atoms. The second-order valence-corrected chi connectivity index (χ2v) is 5.57. The molecule has 1 atom stereocenters. The van der Waals surface area contributed by atoms with E-state index in [9.17, 15) is 19.5 Å². The smallest absolute Gasteiger partial charge is 0.326 e. The summed E-state index contributed by atoms with van der Waals surface area (Å²) in [4.78, 5) is 38.6. The molecule has 0 radical (unpaired) electrons. The van der Waals surface area contributed by atoms with Gasteiger partial charge in [-0.1, -0.05) is 23.7 Å². The lowest BCUT2D eigenvalue weighted by molar-refractivity contribution is -0.139. The number of hydrogen-bond acceptors (Lipinski definition) is 5. The molecule has 1 heterocycles. The Morgan fingerprint density at radius 2 is 2.04 bits per heavy atom. The van der Waals surface area contributed by atoms with Crippen LogP contribution in [0.5, 0.6) is 5.75 Å². The SMILES string of the molecule is CC(=O)Oc1cccc(C(=O)N[C@H](Cc2ccc(Cl)nc2)C(=O)O)c1. The molecule has 1 aromatic carbocycles. The highest BCUT2D eigenvalue weighted by Gasteiger charge is 2.21. The van der Waals surface area contributed by atoms with Crippen molar-refractivity contribution in [3.8, 4) is 5.75 Å². The number of hydrogen-bond donors (Lipinski definition) is 2. The summed E-state index contributed by atoms with van der Waals surface area (Å²) in [5, 5.41) is 12.1. The molecule has 7 nitrogen and oxygen atoms in total. The van der Waals surface area contributed by atoms with Crippen LogP contribution in [0.25, 0.3) is 0 Å². The molecule has 0 unspecified atom stereocenters. The van der Waals surface area contributed by atoms with Crippen molar-refractivity contribution in [3.05, 3.63) is 58.9 Å². The van der Waals surface area contributed by atoms with Crippen LogP contribution in [0.15, 0.2) is 42.6 Å². The topological polar surface area (TPSA) is 106 Å². The van der Waals surface area contributed by atoms with Crippen molar-refractivity contribution in [2.24, 2.45) is 0 Å². The van der Waals surface area contributed by atoms with Gasteiger partial charge in [0.25, 0.3) is 5.91 Å². The normalized spacial score (nSPS) is 11.4. The molecule has 0 saturated carbocycles. The summed E-state index contributed by atoms with van der Waals surface area (Å²) in [6.45, 7) is 1.24. The number of rotatable bonds is 6. The molecular weight excluding hydrogens is 348 g/mol. The summed E-state index contributed by atoms with van der Waals surface area (Å²) in [5.41, 5.74) is 0.796. The van der Waals surface area contributed by atoms with Gasteiger partial charge in [0.15, 0.2) is 0 Å². The van der Waals surface area contributed by atoms with E-state index in [1.165, 1.54) is 37.4 Å². The molecule has 0 fully saturated rings. The molecule has 0 aliphatic heterocycles. The van der Waals surface area contributed by atoms with Crippen molar-refractivity contribution < 1.29 is 24.2 Å². The molecule has 25 heavy (non-hydrogen) atoms. The summed E-state index contributed by atoms with van der Waals surface area (Å²) in [7, 11) is 0. The number of aromatic nitrogens is 1. The first-order chi connectivity index (χ1) is 11.8. The molecule has 130 valence electrons. The Morgan fingerprint density at radius 3 is 2.64 bits per heavy atom. The summed E-state index contributed by atoms with van der Waals surface area (Å²) in [6, 6.07) is 7.94. The van der Waals surface area contributed by atoms with Crippen molar-refractivity contribution in [2.75, 3.05) is 0 Å². The van der Waals surface area contributed by atoms with Gasteiger partial charge in [-0.05, 0) is 29.8 Å². The zero-order valence-electron chi connectivity index (χ0n) is 13.2. The van der Waals surface area contributed by atoms with Gasteiger partial charge in [0.2, 0.25) is 0 Å². The average molecular weight is 363 g/mol. The Hall–Kier alpha value is -2.93. The van der Waals surface area contributed by atoms with Crippen LogP contribution in [0, 0.1) is 0 Å². The van der Waals surface area contributed by atoms with E-state index in [2.05, 4.69) is 10.3 Å². The number of carbonyl (C=O) groups is 3. The first kappa shape index (κ1) is 18.4. The van der Waals surface area contributed by atoms with Gasteiger partial charge in [-0.25, -0.2) is 9.78 Å². The highest BCUT2D eigenvalue weighted by atomic mass is 35.5. The molecule has 1 amide bonds. The maximum absolute atomic E-state index is 12.3. The second-order valence-electron chi connectivity index (χ2n) is 5.18. The number of aliphatic carboxylic acids is 1. The number of amides is 1. The van der Waals surface area contributed by atoms with Crippen LogP contribution in [-0.4, -0.2) is 34.0 Å². The van der Waals surface area contributed by atoms with Crippen molar-refractivity contribution in [1.82, 2.24) is 10.3 Å². The van der Waals surface area contributed by atoms with E-state index < -0.39 is 23.9 Å². The second kappa shape index (κ2) is 8.25. The Morgan fingerprint density at radius 1 is 1.28 bits per heavy atom. The zero-order chi connectivity index (χ0) is 18.4. The van der Waals surface area contributed by atoms with E-state index in [4.69, 9.17) is 16.3 Å². The number of carbonyl (C=O) groups excluding carboxylic acids is 2. The van der Waals surface area contributed by atoms with Crippen LogP contribution >= 0.6 is 11.6 Å². The van der Waals surface area contributed by atoms with Gasteiger partial charge in [0.1, 0.15) is 16.9 Å². The molecule has 2 aromatic rings. The summed E-state index contributed by atoms with van der Waals surface area (Å²) < 4.78 is 4.91. The Labute approximate surface area is 148 Å². The fourth-order valence-corrected chi connectivity index (χ4v) is 2.18. The monoisotopic (exact) mass is 362 g/mol. The number of nitrogens with zero attached hydrogens (tertiary/aromatic N) is 1. The molecule has 8 heteroatoms. The molecule has 0 saturated heterocycles. The van der Waals surface area contributed by atoms with Crippen molar-refractivity contribution in [3.63, 3.8) is 0 Å².